The smallest absolute Gasteiger partial charge is 0.253 e. The standard InChI is InChI=1S/C15H18N6O/c1-12-6-15(22)20(11-17-12)5-4-19-3-2-14(10-19)21-9-13(7-16)8-18-21/h6,8-9,11,14H,2-5,10H2,1H3. The summed E-state index contributed by atoms with van der Waals surface area (Å²) >= 11 is 0. The van der Waals surface area contributed by atoms with E-state index in [0.29, 0.717) is 18.2 Å². The fourth-order valence-corrected chi connectivity index (χ4v) is 2.76. The minimum atomic E-state index is -0.00557. The van der Waals surface area contributed by atoms with Gasteiger partial charge in [0.15, 0.2) is 0 Å². The maximum absolute atomic E-state index is 11.8. The van der Waals surface area contributed by atoms with Crippen LogP contribution in [0, 0.1) is 18.3 Å². The highest BCUT2D eigenvalue weighted by atomic mass is 16.1. The lowest BCUT2D eigenvalue weighted by molar-refractivity contribution is 0.303. The van der Waals surface area contributed by atoms with Crippen molar-refractivity contribution in [3.63, 3.8) is 0 Å². The number of rotatable bonds is 4. The van der Waals surface area contributed by atoms with Crippen molar-refractivity contribution in [3.05, 3.63) is 46.4 Å². The molecule has 3 rings (SSSR count). The Balaban J connectivity index is 1.57. The summed E-state index contributed by atoms with van der Waals surface area (Å²) in [5, 5.41) is 13.1. The van der Waals surface area contributed by atoms with Gasteiger partial charge in [-0.15, -0.1) is 0 Å². The van der Waals surface area contributed by atoms with Gasteiger partial charge >= 0.3 is 0 Å². The molecular formula is C15H18N6O. The van der Waals surface area contributed by atoms with E-state index >= 15 is 0 Å². The second-order valence-electron chi connectivity index (χ2n) is 5.63. The molecule has 0 amide bonds. The predicted molar refractivity (Wildman–Crippen MR) is 80.3 cm³/mol. The number of aryl methyl sites for hydroxylation is 1. The average molecular weight is 298 g/mol. The summed E-state index contributed by atoms with van der Waals surface area (Å²) in [5.41, 5.74) is 1.33. The molecule has 0 radical (unpaired) electrons. The molecule has 0 spiro atoms. The predicted octanol–water partition coefficient (Wildman–Crippen LogP) is 0.567. The van der Waals surface area contributed by atoms with Crippen LogP contribution < -0.4 is 5.56 Å². The van der Waals surface area contributed by atoms with Crippen molar-refractivity contribution in [2.75, 3.05) is 19.6 Å². The van der Waals surface area contributed by atoms with Gasteiger partial charge in [0, 0.05) is 44.1 Å². The molecule has 1 fully saturated rings. The average Bonchev–Trinajstić information content (AvgIpc) is 3.15. The normalized spacial score (nSPS) is 18.5. The van der Waals surface area contributed by atoms with Crippen molar-refractivity contribution in [3.8, 4) is 6.07 Å². The molecule has 0 aromatic carbocycles. The lowest BCUT2D eigenvalue weighted by atomic mass is 10.3. The molecule has 7 nitrogen and oxygen atoms in total. The third-order valence-electron chi connectivity index (χ3n) is 4.03. The van der Waals surface area contributed by atoms with Gasteiger partial charge in [0.1, 0.15) is 6.07 Å². The van der Waals surface area contributed by atoms with E-state index in [9.17, 15) is 4.79 Å². The third kappa shape index (κ3) is 3.07. The second-order valence-corrected chi connectivity index (χ2v) is 5.63. The first-order valence-corrected chi connectivity index (χ1v) is 7.35. The molecule has 1 atom stereocenters. The summed E-state index contributed by atoms with van der Waals surface area (Å²) in [6.45, 7) is 5.13. The SMILES string of the molecule is Cc1cc(=O)n(CCN2CCC(n3cc(C#N)cn3)C2)cn1. The first kappa shape index (κ1) is 14.5. The molecule has 3 heterocycles. The van der Waals surface area contributed by atoms with Crippen molar-refractivity contribution in [2.45, 2.75) is 25.9 Å². The fourth-order valence-electron chi connectivity index (χ4n) is 2.76. The molecule has 7 heteroatoms. The van der Waals surface area contributed by atoms with Crippen LogP contribution in [0.1, 0.15) is 23.7 Å². The Morgan fingerprint density at radius 3 is 3.05 bits per heavy atom. The third-order valence-corrected chi connectivity index (χ3v) is 4.03. The van der Waals surface area contributed by atoms with E-state index in [1.807, 2.05) is 11.6 Å². The van der Waals surface area contributed by atoms with Crippen LogP contribution >= 0.6 is 0 Å². The first-order valence-electron chi connectivity index (χ1n) is 7.35. The van der Waals surface area contributed by atoms with E-state index in [-0.39, 0.29) is 5.56 Å². The van der Waals surface area contributed by atoms with Crippen LogP contribution in [0.25, 0.3) is 0 Å². The molecule has 1 aliphatic rings. The van der Waals surface area contributed by atoms with E-state index in [0.717, 1.165) is 31.7 Å². The van der Waals surface area contributed by atoms with Gasteiger partial charge in [-0.25, -0.2) is 4.98 Å². The van der Waals surface area contributed by atoms with Crippen LogP contribution in [0.15, 0.2) is 29.6 Å². The van der Waals surface area contributed by atoms with E-state index in [1.165, 1.54) is 0 Å². The summed E-state index contributed by atoms with van der Waals surface area (Å²) in [7, 11) is 0. The van der Waals surface area contributed by atoms with E-state index < -0.39 is 0 Å². The van der Waals surface area contributed by atoms with Crippen molar-refractivity contribution in [2.24, 2.45) is 0 Å². The molecule has 0 bridgehead atoms. The summed E-state index contributed by atoms with van der Waals surface area (Å²) in [6.07, 6.45) is 6.01. The van der Waals surface area contributed by atoms with Crippen LogP contribution in [0.4, 0.5) is 0 Å². The molecule has 0 saturated carbocycles. The van der Waals surface area contributed by atoms with Crippen molar-refractivity contribution in [1.82, 2.24) is 24.2 Å². The van der Waals surface area contributed by atoms with Crippen LogP contribution in [-0.2, 0) is 6.54 Å². The van der Waals surface area contributed by atoms with Gasteiger partial charge in [-0.1, -0.05) is 0 Å². The highest BCUT2D eigenvalue weighted by Crippen LogP contribution is 2.20. The fraction of sp³-hybridized carbons (Fsp3) is 0.467. The number of likely N-dealkylation sites (tertiary alicyclic amines) is 1. The number of nitrogens with zero attached hydrogens (tertiary/aromatic N) is 6. The molecule has 2 aromatic rings. The Morgan fingerprint density at radius 2 is 2.32 bits per heavy atom. The van der Waals surface area contributed by atoms with Crippen LogP contribution in [0.3, 0.4) is 0 Å². The summed E-state index contributed by atoms with van der Waals surface area (Å²) in [5.74, 6) is 0. The zero-order valence-corrected chi connectivity index (χ0v) is 12.5. The van der Waals surface area contributed by atoms with Crippen molar-refractivity contribution < 1.29 is 0 Å². The Bertz CT molecular complexity index is 756. The zero-order valence-electron chi connectivity index (χ0n) is 12.5. The molecular weight excluding hydrogens is 280 g/mol. The lowest BCUT2D eigenvalue weighted by Gasteiger charge is -2.16. The molecule has 1 unspecified atom stereocenters. The maximum Gasteiger partial charge on any atom is 0.253 e. The Morgan fingerprint density at radius 1 is 1.45 bits per heavy atom. The first-order chi connectivity index (χ1) is 10.7. The number of aromatic nitrogens is 4. The molecule has 0 aliphatic carbocycles. The lowest BCUT2D eigenvalue weighted by Crippen LogP contribution is -2.30. The number of hydrogen-bond acceptors (Lipinski definition) is 5. The Hall–Kier alpha value is -2.46. The molecule has 1 aliphatic heterocycles. The van der Waals surface area contributed by atoms with Gasteiger partial charge in [-0.05, 0) is 13.3 Å². The van der Waals surface area contributed by atoms with E-state index in [4.69, 9.17) is 5.26 Å². The minimum Gasteiger partial charge on any atom is -0.299 e. The molecule has 2 aromatic heterocycles. The van der Waals surface area contributed by atoms with Crippen LogP contribution in [-0.4, -0.2) is 43.9 Å². The Kier molecular flexibility index (Phi) is 4.02. The van der Waals surface area contributed by atoms with Gasteiger partial charge < -0.3 is 0 Å². The molecule has 22 heavy (non-hydrogen) atoms. The second kappa shape index (κ2) is 6.12. The summed E-state index contributed by atoms with van der Waals surface area (Å²) in [4.78, 5) is 18.3. The molecule has 114 valence electrons. The summed E-state index contributed by atoms with van der Waals surface area (Å²) in [6, 6.07) is 3.95. The van der Waals surface area contributed by atoms with E-state index in [2.05, 4.69) is 21.1 Å². The highest BCUT2D eigenvalue weighted by molar-refractivity contribution is 5.22. The van der Waals surface area contributed by atoms with Gasteiger partial charge in [-0.3, -0.25) is 18.9 Å². The summed E-state index contributed by atoms with van der Waals surface area (Å²) < 4.78 is 3.51. The topological polar surface area (TPSA) is 79.7 Å². The highest BCUT2D eigenvalue weighted by Gasteiger charge is 2.24. The van der Waals surface area contributed by atoms with Gasteiger partial charge in [0.2, 0.25) is 0 Å². The van der Waals surface area contributed by atoms with Crippen LogP contribution in [0.2, 0.25) is 0 Å². The van der Waals surface area contributed by atoms with E-state index in [1.54, 1.807) is 29.4 Å². The molecule has 1 saturated heterocycles. The zero-order chi connectivity index (χ0) is 15.5. The number of nitriles is 1. The van der Waals surface area contributed by atoms with Crippen molar-refractivity contribution >= 4 is 0 Å². The largest absolute Gasteiger partial charge is 0.299 e. The Labute approximate surface area is 128 Å². The minimum absolute atomic E-state index is 0.00557. The number of hydrogen-bond donors (Lipinski definition) is 0. The maximum atomic E-state index is 11.8. The van der Waals surface area contributed by atoms with Gasteiger partial charge in [-0.2, -0.15) is 10.4 Å². The van der Waals surface area contributed by atoms with Gasteiger partial charge in [0.25, 0.3) is 5.56 Å². The molecule has 0 N–H and O–H groups in total. The quantitative estimate of drug-likeness (QED) is 0.824. The van der Waals surface area contributed by atoms with Crippen LogP contribution in [0.5, 0.6) is 0 Å². The monoisotopic (exact) mass is 298 g/mol. The van der Waals surface area contributed by atoms with Gasteiger partial charge in [0.05, 0.1) is 24.1 Å². The van der Waals surface area contributed by atoms with Crippen molar-refractivity contribution in [1.29, 1.82) is 5.26 Å².